The fraction of sp³-hybridized carbons (Fsp3) is 0.929. The van der Waals surface area contributed by atoms with Gasteiger partial charge in [0.2, 0.25) is 0 Å². The van der Waals surface area contributed by atoms with E-state index < -0.39 is 12.0 Å². The molecule has 0 aromatic carbocycles. The van der Waals surface area contributed by atoms with Crippen molar-refractivity contribution in [2.24, 2.45) is 0 Å². The van der Waals surface area contributed by atoms with Crippen LogP contribution in [0.3, 0.4) is 0 Å². The van der Waals surface area contributed by atoms with Crippen LogP contribution in [0.2, 0.25) is 0 Å². The first kappa shape index (κ1) is 15.4. The molecule has 0 amide bonds. The van der Waals surface area contributed by atoms with E-state index >= 15 is 0 Å². The van der Waals surface area contributed by atoms with Gasteiger partial charge in [-0.25, -0.2) is 0 Å². The molecular formula is C14H28N2O2. The normalized spacial score (nSPS) is 23.6. The van der Waals surface area contributed by atoms with Crippen molar-refractivity contribution in [2.75, 3.05) is 19.6 Å². The zero-order valence-electron chi connectivity index (χ0n) is 11.8. The first-order valence-corrected chi connectivity index (χ1v) is 7.39. The SMILES string of the molecule is CCCNC(CN1CCCCCC1CC)C(=O)O. The van der Waals surface area contributed by atoms with E-state index in [4.69, 9.17) is 0 Å². The second kappa shape index (κ2) is 8.48. The summed E-state index contributed by atoms with van der Waals surface area (Å²) < 4.78 is 0. The van der Waals surface area contributed by atoms with Crippen LogP contribution in [0.25, 0.3) is 0 Å². The van der Waals surface area contributed by atoms with Crippen molar-refractivity contribution in [1.29, 1.82) is 0 Å². The van der Waals surface area contributed by atoms with Crippen LogP contribution >= 0.6 is 0 Å². The molecule has 0 aromatic rings. The first-order valence-electron chi connectivity index (χ1n) is 7.39. The minimum absolute atomic E-state index is 0.419. The first-order chi connectivity index (χ1) is 8.69. The Labute approximate surface area is 111 Å². The Bertz CT molecular complexity index is 246. The molecule has 0 aromatic heterocycles. The molecule has 1 fully saturated rings. The molecule has 1 saturated heterocycles. The van der Waals surface area contributed by atoms with Crippen molar-refractivity contribution in [3.8, 4) is 0 Å². The number of nitrogens with zero attached hydrogens (tertiary/aromatic N) is 1. The summed E-state index contributed by atoms with van der Waals surface area (Å²) >= 11 is 0. The van der Waals surface area contributed by atoms with Gasteiger partial charge in [0.05, 0.1) is 0 Å². The van der Waals surface area contributed by atoms with Gasteiger partial charge in [-0.05, 0) is 38.8 Å². The van der Waals surface area contributed by atoms with Crippen LogP contribution in [0, 0.1) is 0 Å². The molecule has 2 atom stereocenters. The van der Waals surface area contributed by atoms with Gasteiger partial charge in [-0.1, -0.05) is 26.7 Å². The number of likely N-dealkylation sites (tertiary alicyclic amines) is 1. The summed E-state index contributed by atoms with van der Waals surface area (Å²) in [5.74, 6) is -0.720. The van der Waals surface area contributed by atoms with Crippen molar-refractivity contribution in [3.63, 3.8) is 0 Å². The predicted octanol–water partition coefficient (Wildman–Crippen LogP) is 2.09. The maximum Gasteiger partial charge on any atom is 0.322 e. The van der Waals surface area contributed by atoms with Gasteiger partial charge in [-0.15, -0.1) is 0 Å². The molecule has 106 valence electrons. The molecule has 2 N–H and O–H groups in total. The molecule has 18 heavy (non-hydrogen) atoms. The Morgan fingerprint density at radius 1 is 1.39 bits per heavy atom. The molecular weight excluding hydrogens is 228 g/mol. The van der Waals surface area contributed by atoms with Crippen LogP contribution < -0.4 is 5.32 Å². The molecule has 2 unspecified atom stereocenters. The van der Waals surface area contributed by atoms with Crippen LogP contribution in [0.4, 0.5) is 0 Å². The molecule has 0 radical (unpaired) electrons. The van der Waals surface area contributed by atoms with Crippen molar-refractivity contribution >= 4 is 5.97 Å². The van der Waals surface area contributed by atoms with Crippen LogP contribution in [0.15, 0.2) is 0 Å². The number of carboxylic acids is 1. The van der Waals surface area contributed by atoms with Gasteiger partial charge in [0.25, 0.3) is 0 Å². The van der Waals surface area contributed by atoms with Gasteiger partial charge in [-0.3, -0.25) is 9.69 Å². The Morgan fingerprint density at radius 2 is 2.17 bits per heavy atom. The third-order valence-electron chi connectivity index (χ3n) is 3.83. The lowest BCUT2D eigenvalue weighted by molar-refractivity contribution is -0.140. The predicted molar refractivity (Wildman–Crippen MR) is 73.8 cm³/mol. The van der Waals surface area contributed by atoms with Crippen LogP contribution in [0.5, 0.6) is 0 Å². The van der Waals surface area contributed by atoms with E-state index in [1.165, 1.54) is 25.7 Å². The van der Waals surface area contributed by atoms with E-state index in [1.807, 2.05) is 0 Å². The highest BCUT2D eigenvalue weighted by Crippen LogP contribution is 2.19. The molecule has 0 spiro atoms. The lowest BCUT2D eigenvalue weighted by atomic mass is 10.1. The number of carboxylic acid groups (broad SMARTS) is 1. The highest BCUT2D eigenvalue weighted by atomic mass is 16.4. The molecule has 4 heteroatoms. The molecule has 4 nitrogen and oxygen atoms in total. The van der Waals surface area contributed by atoms with E-state index in [0.29, 0.717) is 12.6 Å². The van der Waals surface area contributed by atoms with Crippen molar-refractivity contribution < 1.29 is 9.90 Å². The molecule has 1 rings (SSSR count). The second-order valence-corrected chi connectivity index (χ2v) is 5.25. The second-order valence-electron chi connectivity index (χ2n) is 5.25. The smallest absolute Gasteiger partial charge is 0.322 e. The number of carbonyl (C=O) groups is 1. The number of aliphatic carboxylic acids is 1. The maximum absolute atomic E-state index is 11.3. The summed E-state index contributed by atoms with van der Waals surface area (Å²) in [7, 11) is 0. The lowest BCUT2D eigenvalue weighted by Gasteiger charge is -2.31. The molecule has 0 saturated carbocycles. The lowest BCUT2D eigenvalue weighted by Crippen LogP contribution is -2.49. The fourth-order valence-corrected chi connectivity index (χ4v) is 2.72. The van der Waals surface area contributed by atoms with Gasteiger partial charge < -0.3 is 10.4 Å². The van der Waals surface area contributed by atoms with Gasteiger partial charge in [0, 0.05) is 12.6 Å². The molecule has 1 aliphatic heterocycles. The minimum atomic E-state index is -0.720. The Kier molecular flexibility index (Phi) is 7.28. The Balaban J connectivity index is 2.55. The Morgan fingerprint density at radius 3 is 2.78 bits per heavy atom. The summed E-state index contributed by atoms with van der Waals surface area (Å²) in [5.41, 5.74) is 0. The van der Waals surface area contributed by atoms with E-state index in [-0.39, 0.29) is 0 Å². The quantitative estimate of drug-likeness (QED) is 0.732. The third kappa shape index (κ3) is 4.94. The monoisotopic (exact) mass is 256 g/mol. The Hall–Kier alpha value is -0.610. The fourth-order valence-electron chi connectivity index (χ4n) is 2.72. The maximum atomic E-state index is 11.3. The highest BCUT2D eigenvalue weighted by Gasteiger charge is 2.25. The van der Waals surface area contributed by atoms with Crippen LogP contribution in [-0.4, -0.2) is 47.7 Å². The largest absolute Gasteiger partial charge is 0.480 e. The number of nitrogens with one attached hydrogen (secondary N) is 1. The molecule has 1 aliphatic rings. The zero-order chi connectivity index (χ0) is 13.4. The average Bonchev–Trinajstić information content (AvgIpc) is 2.58. The summed E-state index contributed by atoms with van der Waals surface area (Å²) in [4.78, 5) is 13.7. The van der Waals surface area contributed by atoms with E-state index in [0.717, 1.165) is 25.9 Å². The zero-order valence-corrected chi connectivity index (χ0v) is 11.8. The number of rotatable bonds is 7. The van der Waals surface area contributed by atoms with Gasteiger partial charge in [-0.2, -0.15) is 0 Å². The standard InChI is InChI=1S/C14H28N2O2/c1-3-9-15-13(14(17)18)11-16-10-7-5-6-8-12(16)4-2/h12-13,15H,3-11H2,1-2H3,(H,17,18). The van der Waals surface area contributed by atoms with Crippen LogP contribution in [-0.2, 0) is 4.79 Å². The summed E-state index contributed by atoms with van der Waals surface area (Å²) in [6.07, 6.45) is 7.09. The topological polar surface area (TPSA) is 52.6 Å². The molecule has 0 bridgehead atoms. The van der Waals surface area contributed by atoms with E-state index in [9.17, 15) is 9.90 Å². The highest BCUT2D eigenvalue weighted by molar-refractivity contribution is 5.73. The van der Waals surface area contributed by atoms with E-state index in [1.54, 1.807) is 0 Å². The van der Waals surface area contributed by atoms with Crippen molar-refractivity contribution in [1.82, 2.24) is 10.2 Å². The number of hydrogen-bond donors (Lipinski definition) is 2. The van der Waals surface area contributed by atoms with Crippen molar-refractivity contribution in [2.45, 2.75) is 64.5 Å². The summed E-state index contributed by atoms with van der Waals surface area (Å²) in [5, 5.41) is 12.4. The summed E-state index contributed by atoms with van der Waals surface area (Å²) in [6, 6.07) is 0.148. The van der Waals surface area contributed by atoms with Gasteiger partial charge >= 0.3 is 5.97 Å². The van der Waals surface area contributed by atoms with Gasteiger partial charge in [0.1, 0.15) is 6.04 Å². The van der Waals surface area contributed by atoms with Crippen molar-refractivity contribution in [3.05, 3.63) is 0 Å². The van der Waals surface area contributed by atoms with Crippen LogP contribution in [0.1, 0.15) is 52.4 Å². The summed E-state index contributed by atoms with van der Waals surface area (Å²) in [6.45, 7) is 6.75. The minimum Gasteiger partial charge on any atom is -0.480 e. The number of hydrogen-bond acceptors (Lipinski definition) is 3. The van der Waals surface area contributed by atoms with Gasteiger partial charge in [0.15, 0.2) is 0 Å². The molecule has 0 aliphatic carbocycles. The third-order valence-corrected chi connectivity index (χ3v) is 3.83. The average molecular weight is 256 g/mol. The molecule has 1 heterocycles. The van der Waals surface area contributed by atoms with E-state index in [2.05, 4.69) is 24.1 Å².